The van der Waals surface area contributed by atoms with Crippen LogP contribution in [-0.4, -0.2) is 58.6 Å². The van der Waals surface area contributed by atoms with Gasteiger partial charge in [-0.25, -0.2) is 4.98 Å². The number of imidazole rings is 1. The van der Waals surface area contributed by atoms with Crippen LogP contribution < -0.4 is 5.32 Å². The van der Waals surface area contributed by atoms with Gasteiger partial charge in [0.05, 0.1) is 23.1 Å². The van der Waals surface area contributed by atoms with E-state index in [-0.39, 0.29) is 0 Å². The molecule has 0 saturated carbocycles. The Hall–Kier alpha value is -2.28. The molecule has 6 nitrogen and oxygen atoms in total. The van der Waals surface area contributed by atoms with Crippen LogP contribution in [0.2, 0.25) is 0 Å². The standard InChI is InChI=1S/C25H36N6/c1-29(2)16-9-14-26-18-23-21(28-24-13-5-4-6-17-31(23)24)19-30(3)22-12-7-10-20-11-8-15-27-25(20)22/h4-6,8,11,15,17,22,26H,7,9-10,12-14,16,18-19H2,1-3H3. The molecular weight excluding hydrogens is 384 g/mol. The smallest absolute Gasteiger partial charge is 0.117 e. The lowest BCUT2D eigenvalue weighted by molar-refractivity contribution is 0.205. The maximum absolute atomic E-state index is 5.08. The van der Waals surface area contributed by atoms with Crippen molar-refractivity contribution in [3.05, 3.63) is 65.0 Å². The van der Waals surface area contributed by atoms with Crippen molar-refractivity contribution < 1.29 is 0 Å². The van der Waals surface area contributed by atoms with E-state index in [1.54, 1.807) is 0 Å². The lowest BCUT2D eigenvalue weighted by atomic mass is 9.91. The first-order valence-corrected chi connectivity index (χ1v) is 11.5. The van der Waals surface area contributed by atoms with Gasteiger partial charge in [0.2, 0.25) is 0 Å². The van der Waals surface area contributed by atoms with Gasteiger partial charge in [0, 0.05) is 31.9 Å². The molecule has 0 saturated heterocycles. The number of aromatic nitrogens is 3. The van der Waals surface area contributed by atoms with Gasteiger partial charge in [-0.1, -0.05) is 18.2 Å². The van der Waals surface area contributed by atoms with Crippen molar-refractivity contribution in [1.29, 1.82) is 0 Å². The average Bonchev–Trinajstić information content (AvgIpc) is 2.93. The minimum absolute atomic E-state index is 0.364. The summed E-state index contributed by atoms with van der Waals surface area (Å²) in [5, 5.41) is 3.65. The highest BCUT2D eigenvalue weighted by molar-refractivity contribution is 5.38. The molecule has 166 valence electrons. The molecule has 0 spiro atoms. The van der Waals surface area contributed by atoms with E-state index in [1.165, 1.54) is 29.1 Å². The summed E-state index contributed by atoms with van der Waals surface area (Å²) in [4.78, 5) is 14.5. The minimum atomic E-state index is 0.364. The van der Waals surface area contributed by atoms with E-state index in [0.717, 1.165) is 57.7 Å². The summed E-state index contributed by atoms with van der Waals surface area (Å²) < 4.78 is 2.29. The Kier molecular flexibility index (Phi) is 7.33. The molecule has 1 N–H and O–H groups in total. The topological polar surface area (TPSA) is 49.2 Å². The first-order chi connectivity index (χ1) is 15.1. The quantitative estimate of drug-likeness (QED) is 0.630. The second kappa shape index (κ2) is 10.4. The molecule has 2 aromatic heterocycles. The fraction of sp³-hybridized carbons (Fsp3) is 0.520. The van der Waals surface area contributed by atoms with E-state index < -0.39 is 0 Å². The van der Waals surface area contributed by atoms with Crippen LogP contribution >= 0.6 is 0 Å². The number of hydrogen-bond donors (Lipinski definition) is 1. The monoisotopic (exact) mass is 420 g/mol. The number of nitrogens with one attached hydrogen (secondary N) is 1. The highest BCUT2D eigenvalue weighted by Gasteiger charge is 2.26. The zero-order valence-electron chi connectivity index (χ0n) is 19.2. The zero-order chi connectivity index (χ0) is 21.6. The predicted octanol–water partition coefficient (Wildman–Crippen LogP) is 3.41. The fourth-order valence-corrected chi connectivity index (χ4v) is 4.68. The molecule has 0 amide bonds. The Balaban J connectivity index is 1.51. The molecule has 2 aliphatic rings. The first-order valence-electron chi connectivity index (χ1n) is 11.5. The number of nitrogens with zero attached hydrogens (tertiary/aromatic N) is 5. The van der Waals surface area contributed by atoms with Crippen LogP contribution in [0.15, 0.2) is 36.6 Å². The summed E-state index contributed by atoms with van der Waals surface area (Å²) in [5.41, 5.74) is 5.12. The van der Waals surface area contributed by atoms with Crippen LogP contribution in [0.3, 0.4) is 0 Å². The normalized spacial score (nSPS) is 17.8. The van der Waals surface area contributed by atoms with Crippen molar-refractivity contribution in [3.63, 3.8) is 0 Å². The number of rotatable bonds is 9. The van der Waals surface area contributed by atoms with Crippen molar-refractivity contribution in [2.45, 2.75) is 51.2 Å². The van der Waals surface area contributed by atoms with Gasteiger partial charge in [0.15, 0.2) is 0 Å². The van der Waals surface area contributed by atoms with Gasteiger partial charge >= 0.3 is 0 Å². The molecule has 1 aliphatic heterocycles. The minimum Gasteiger partial charge on any atom is -0.311 e. The second-order valence-corrected chi connectivity index (χ2v) is 8.97. The van der Waals surface area contributed by atoms with E-state index >= 15 is 0 Å². The van der Waals surface area contributed by atoms with E-state index in [4.69, 9.17) is 9.97 Å². The maximum Gasteiger partial charge on any atom is 0.117 e. The van der Waals surface area contributed by atoms with E-state index in [2.05, 4.69) is 77.4 Å². The fourth-order valence-electron chi connectivity index (χ4n) is 4.68. The van der Waals surface area contributed by atoms with E-state index in [1.807, 2.05) is 6.20 Å². The largest absolute Gasteiger partial charge is 0.311 e. The number of allylic oxidation sites excluding steroid dienone is 3. The van der Waals surface area contributed by atoms with Crippen molar-refractivity contribution >= 4 is 6.20 Å². The summed E-state index contributed by atoms with van der Waals surface area (Å²) in [7, 11) is 6.48. The molecule has 0 aromatic carbocycles. The van der Waals surface area contributed by atoms with Gasteiger partial charge in [-0.2, -0.15) is 0 Å². The highest BCUT2D eigenvalue weighted by Crippen LogP contribution is 2.33. The third-order valence-corrected chi connectivity index (χ3v) is 6.30. The van der Waals surface area contributed by atoms with Crippen LogP contribution in [0, 0.1) is 0 Å². The summed E-state index contributed by atoms with van der Waals surface area (Å²) in [6.07, 6.45) is 16.0. The van der Waals surface area contributed by atoms with E-state index in [9.17, 15) is 0 Å². The molecule has 2 aromatic rings. The highest BCUT2D eigenvalue weighted by atomic mass is 15.2. The molecule has 1 atom stereocenters. The van der Waals surface area contributed by atoms with Gasteiger partial charge in [-0.15, -0.1) is 0 Å². The van der Waals surface area contributed by atoms with Gasteiger partial charge < -0.3 is 14.8 Å². The van der Waals surface area contributed by atoms with Crippen LogP contribution in [0.25, 0.3) is 6.20 Å². The summed E-state index contributed by atoms with van der Waals surface area (Å²) in [6.45, 7) is 3.79. The Morgan fingerprint density at radius 2 is 2.13 bits per heavy atom. The Morgan fingerprint density at radius 3 is 3.00 bits per heavy atom. The third kappa shape index (κ3) is 5.32. The Bertz CT molecular complexity index is 926. The molecule has 6 heteroatoms. The third-order valence-electron chi connectivity index (χ3n) is 6.30. The predicted molar refractivity (Wildman–Crippen MR) is 127 cm³/mol. The Labute approximate surface area is 186 Å². The summed E-state index contributed by atoms with van der Waals surface area (Å²) in [5.74, 6) is 1.13. The van der Waals surface area contributed by atoms with Gasteiger partial charge in [0.25, 0.3) is 0 Å². The molecule has 1 unspecified atom stereocenters. The second-order valence-electron chi connectivity index (χ2n) is 8.97. The number of aryl methyl sites for hydroxylation is 1. The molecule has 3 heterocycles. The number of hydrogen-bond acceptors (Lipinski definition) is 5. The van der Waals surface area contributed by atoms with Crippen LogP contribution in [-0.2, 0) is 25.9 Å². The Morgan fingerprint density at radius 1 is 1.23 bits per heavy atom. The number of pyridine rings is 1. The van der Waals surface area contributed by atoms with E-state index in [0.29, 0.717) is 6.04 Å². The molecule has 0 radical (unpaired) electrons. The molecule has 31 heavy (non-hydrogen) atoms. The van der Waals surface area contributed by atoms with Crippen molar-refractivity contribution in [2.75, 3.05) is 34.2 Å². The maximum atomic E-state index is 5.08. The van der Waals surface area contributed by atoms with Crippen LogP contribution in [0.5, 0.6) is 0 Å². The molecule has 0 fully saturated rings. The lowest BCUT2D eigenvalue weighted by Gasteiger charge is -2.32. The molecule has 1 aliphatic carbocycles. The van der Waals surface area contributed by atoms with Gasteiger partial charge in [0.1, 0.15) is 5.82 Å². The number of fused-ring (bicyclic) bond motifs is 2. The zero-order valence-corrected chi connectivity index (χ0v) is 19.2. The van der Waals surface area contributed by atoms with Crippen molar-refractivity contribution in [1.82, 2.24) is 29.7 Å². The lowest BCUT2D eigenvalue weighted by Crippen LogP contribution is -2.29. The molecule has 0 bridgehead atoms. The SMILES string of the molecule is CN(C)CCCNCc1c(CN(C)C2CCCc3cccnc32)nc2n1C=CC=CC2. The van der Waals surface area contributed by atoms with Gasteiger partial charge in [-0.3, -0.25) is 9.88 Å². The summed E-state index contributed by atoms with van der Waals surface area (Å²) in [6, 6.07) is 4.66. The van der Waals surface area contributed by atoms with Crippen LogP contribution in [0.4, 0.5) is 0 Å². The molecular formula is C25H36N6. The van der Waals surface area contributed by atoms with Crippen LogP contribution in [0.1, 0.15) is 53.8 Å². The first kappa shape index (κ1) is 21.9. The average molecular weight is 421 g/mol. The van der Waals surface area contributed by atoms with Crippen molar-refractivity contribution in [2.24, 2.45) is 0 Å². The van der Waals surface area contributed by atoms with Crippen molar-refractivity contribution in [3.8, 4) is 0 Å². The van der Waals surface area contributed by atoms with Gasteiger partial charge in [-0.05, 0) is 77.6 Å². The molecule has 4 rings (SSSR count). The summed E-state index contributed by atoms with van der Waals surface area (Å²) >= 11 is 0.